The number of halogens is 2. The number of ether oxygens (including phenoxy) is 1. The summed E-state index contributed by atoms with van der Waals surface area (Å²) in [6.07, 6.45) is 1.64. The lowest BCUT2D eigenvalue weighted by atomic mass is 10.1. The molecule has 3 rings (SSSR count). The average molecular weight is 353 g/mol. The second-order valence-corrected chi connectivity index (χ2v) is 6.36. The number of hydrogen-bond acceptors (Lipinski definition) is 4. The van der Waals surface area contributed by atoms with E-state index < -0.39 is 23.8 Å². The molecule has 1 N–H and O–H groups in total. The van der Waals surface area contributed by atoms with Gasteiger partial charge in [0.15, 0.2) is 11.6 Å². The van der Waals surface area contributed by atoms with Gasteiger partial charge in [-0.15, -0.1) is 0 Å². The number of carbonyl (C=O) groups excluding carboxylic acids is 2. The van der Waals surface area contributed by atoms with Crippen molar-refractivity contribution in [2.75, 3.05) is 36.0 Å². The molecule has 1 atom stereocenters. The lowest BCUT2D eigenvalue weighted by Crippen LogP contribution is -2.33. The first-order valence-electron chi connectivity index (χ1n) is 8.42. The molecule has 0 unspecified atom stereocenters. The maximum absolute atomic E-state index is 14.5. The Balaban J connectivity index is 1.76. The summed E-state index contributed by atoms with van der Waals surface area (Å²) in [5, 5.41) is 2.56. The third kappa shape index (κ3) is 3.83. The smallest absolute Gasteiger partial charge is 0.414 e. The molecule has 2 amide bonds. The van der Waals surface area contributed by atoms with E-state index in [1.165, 1.54) is 11.8 Å². The van der Waals surface area contributed by atoms with Crippen molar-refractivity contribution in [3.05, 3.63) is 23.8 Å². The highest BCUT2D eigenvalue weighted by Gasteiger charge is 2.33. The molecular weight excluding hydrogens is 332 g/mol. The van der Waals surface area contributed by atoms with E-state index in [1.807, 2.05) is 0 Å². The molecule has 2 fully saturated rings. The Bertz CT molecular complexity index is 654. The minimum Gasteiger partial charge on any atom is -0.442 e. The number of cyclic esters (lactones) is 1. The summed E-state index contributed by atoms with van der Waals surface area (Å²) in [4.78, 5) is 25.8. The minimum atomic E-state index is -0.685. The molecule has 0 saturated carbocycles. The Morgan fingerprint density at radius 2 is 1.88 bits per heavy atom. The molecule has 25 heavy (non-hydrogen) atoms. The van der Waals surface area contributed by atoms with Crippen molar-refractivity contribution in [3.8, 4) is 0 Å². The number of rotatable bonds is 4. The van der Waals surface area contributed by atoms with E-state index >= 15 is 0 Å². The Morgan fingerprint density at radius 1 is 1.24 bits per heavy atom. The Kier molecular flexibility index (Phi) is 5.06. The van der Waals surface area contributed by atoms with Gasteiger partial charge in [-0.3, -0.25) is 9.69 Å². The Hall–Kier alpha value is -2.38. The van der Waals surface area contributed by atoms with Crippen molar-refractivity contribution in [2.24, 2.45) is 0 Å². The lowest BCUT2D eigenvalue weighted by molar-refractivity contribution is -0.119. The standard InChI is InChI=1S/C17H21F2N3O3/c1-11(23)20-9-13-10-22(17(24)25-13)12-7-14(18)16(15(19)8-12)21-5-3-2-4-6-21/h7-8,13H,2-6,9-10H2,1H3,(H,20,23)/t13-/m0/s1. The topological polar surface area (TPSA) is 61.9 Å². The number of carbonyl (C=O) groups is 2. The quantitative estimate of drug-likeness (QED) is 0.903. The van der Waals surface area contributed by atoms with Gasteiger partial charge in [0.05, 0.1) is 18.8 Å². The zero-order valence-electron chi connectivity index (χ0n) is 14.1. The third-order valence-electron chi connectivity index (χ3n) is 4.44. The van der Waals surface area contributed by atoms with Crippen molar-refractivity contribution in [1.29, 1.82) is 0 Å². The molecular formula is C17H21F2N3O3. The summed E-state index contributed by atoms with van der Waals surface area (Å²) in [6.45, 7) is 2.89. The fourth-order valence-electron chi connectivity index (χ4n) is 3.22. The van der Waals surface area contributed by atoms with Crippen LogP contribution in [0.5, 0.6) is 0 Å². The van der Waals surface area contributed by atoms with Gasteiger partial charge in [-0.2, -0.15) is 0 Å². The van der Waals surface area contributed by atoms with Crippen molar-refractivity contribution < 1.29 is 23.1 Å². The number of amides is 2. The van der Waals surface area contributed by atoms with E-state index in [2.05, 4.69) is 5.32 Å². The van der Waals surface area contributed by atoms with Crippen LogP contribution in [0.4, 0.5) is 25.0 Å². The van der Waals surface area contributed by atoms with Crippen LogP contribution in [0.2, 0.25) is 0 Å². The molecule has 0 spiro atoms. The SMILES string of the molecule is CC(=O)NC[C@H]1CN(c2cc(F)c(N3CCCCC3)c(F)c2)C(=O)O1. The van der Waals surface area contributed by atoms with E-state index in [0.29, 0.717) is 13.1 Å². The van der Waals surface area contributed by atoms with Gasteiger partial charge in [0.2, 0.25) is 5.91 Å². The van der Waals surface area contributed by atoms with Gasteiger partial charge in [0, 0.05) is 32.1 Å². The van der Waals surface area contributed by atoms with Gasteiger partial charge < -0.3 is 15.0 Å². The normalized spacial score (nSPS) is 20.6. The first kappa shape index (κ1) is 17.4. The van der Waals surface area contributed by atoms with Crippen molar-refractivity contribution in [2.45, 2.75) is 32.3 Å². The van der Waals surface area contributed by atoms with Crippen molar-refractivity contribution >= 4 is 23.4 Å². The molecule has 2 saturated heterocycles. The summed E-state index contributed by atoms with van der Waals surface area (Å²) in [5.74, 6) is -1.61. The van der Waals surface area contributed by atoms with Crippen molar-refractivity contribution in [3.63, 3.8) is 0 Å². The number of anilines is 2. The number of benzene rings is 1. The molecule has 8 heteroatoms. The summed E-state index contributed by atoms with van der Waals surface area (Å²) >= 11 is 0. The molecule has 6 nitrogen and oxygen atoms in total. The average Bonchev–Trinajstić information content (AvgIpc) is 2.94. The lowest BCUT2D eigenvalue weighted by Gasteiger charge is -2.29. The van der Waals surface area contributed by atoms with E-state index in [9.17, 15) is 18.4 Å². The Labute approximate surface area is 144 Å². The van der Waals surface area contributed by atoms with Gasteiger partial charge in [0.1, 0.15) is 11.8 Å². The second kappa shape index (κ2) is 7.25. The van der Waals surface area contributed by atoms with Crippen LogP contribution in [0.1, 0.15) is 26.2 Å². The first-order chi connectivity index (χ1) is 12.0. The highest BCUT2D eigenvalue weighted by atomic mass is 19.1. The zero-order chi connectivity index (χ0) is 18.0. The van der Waals surface area contributed by atoms with Gasteiger partial charge >= 0.3 is 6.09 Å². The molecule has 0 radical (unpaired) electrons. The predicted molar refractivity (Wildman–Crippen MR) is 88.7 cm³/mol. The van der Waals surface area contributed by atoms with Gasteiger partial charge in [-0.05, 0) is 19.3 Å². The molecule has 2 aliphatic heterocycles. The predicted octanol–water partition coefficient (Wildman–Crippen LogP) is 2.42. The third-order valence-corrected chi connectivity index (χ3v) is 4.44. The summed E-state index contributed by atoms with van der Waals surface area (Å²) in [6, 6.07) is 2.32. The van der Waals surface area contributed by atoms with E-state index in [4.69, 9.17) is 4.74 Å². The highest BCUT2D eigenvalue weighted by Crippen LogP contribution is 2.32. The molecule has 1 aromatic carbocycles. The summed E-state index contributed by atoms with van der Waals surface area (Å²) in [5.41, 5.74) is 0.0805. The number of hydrogen-bond donors (Lipinski definition) is 1. The van der Waals surface area contributed by atoms with Gasteiger partial charge in [0.25, 0.3) is 0 Å². The van der Waals surface area contributed by atoms with Crippen LogP contribution in [0, 0.1) is 11.6 Å². The second-order valence-electron chi connectivity index (χ2n) is 6.36. The van der Waals surface area contributed by atoms with E-state index in [-0.39, 0.29) is 30.4 Å². The van der Waals surface area contributed by atoms with Gasteiger partial charge in [-0.25, -0.2) is 13.6 Å². The molecule has 0 aromatic heterocycles. The molecule has 1 aromatic rings. The maximum atomic E-state index is 14.5. The van der Waals surface area contributed by atoms with E-state index in [0.717, 1.165) is 31.4 Å². The fraction of sp³-hybridized carbons (Fsp3) is 0.529. The fourth-order valence-corrected chi connectivity index (χ4v) is 3.22. The molecule has 2 heterocycles. The van der Waals surface area contributed by atoms with Gasteiger partial charge in [-0.1, -0.05) is 0 Å². The molecule has 0 aliphatic carbocycles. The van der Waals surface area contributed by atoms with Crippen LogP contribution in [0.3, 0.4) is 0 Å². The number of nitrogens with one attached hydrogen (secondary N) is 1. The summed E-state index contributed by atoms with van der Waals surface area (Å²) in [7, 11) is 0. The Morgan fingerprint density at radius 3 is 2.48 bits per heavy atom. The van der Waals surface area contributed by atoms with Crippen LogP contribution in [-0.2, 0) is 9.53 Å². The van der Waals surface area contributed by atoms with E-state index in [1.54, 1.807) is 4.90 Å². The van der Waals surface area contributed by atoms with Crippen LogP contribution >= 0.6 is 0 Å². The molecule has 136 valence electrons. The molecule has 0 bridgehead atoms. The van der Waals surface area contributed by atoms with Crippen LogP contribution in [-0.4, -0.2) is 44.3 Å². The van der Waals surface area contributed by atoms with Crippen LogP contribution in [0.25, 0.3) is 0 Å². The number of piperidine rings is 1. The maximum Gasteiger partial charge on any atom is 0.414 e. The minimum absolute atomic E-state index is 0.0363. The van der Waals surface area contributed by atoms with Crippen molar-refractivity contribution in [1.82, 2.24) is 5.32 Å². The largest absolute Gasteiger partial charge is 0.442 e. The highest BCUT2D eigenvalue weighted by molar-refractivity contribution is 5.90. The number of nitrogens with zero attached hydrogens (tertiary/aromatic N) is 2. The zero-order valence-corrected chi connectivity index (χ0v) is 14.1. The van der Waals surface area contributed by atoms with Crippen LogP contribution < -0.4 is 15.1 Å². The van der Waals surface area contributed by atoms with Crippen LogP contribution in [0.15, 0.2) is 12.1 Å². The first-order valence-corrected chi connectivity index (χ1v) is 8.42. The molecule has 2 aliphatic rings. The summed E-state index contributed by atoms with van der Waals surface area (Å²) < 4.78 is 34.1. The monoisotopic (exact) mass is 353 g/mol.